The van der Waals surface area contributed by atoms with Gasteiger partial charge in [-0.25, -0.2) is 0 Å². The fraction of sp³-hybridized carbons (Fsp3) is 0.267. The van der Waals surface area contributed by atoms with Gasteiger partial charge in [-0.15, -0.1) is 0 Å². The molecule has 0 bridgehead atoms. The number of hydrogen-bond acceptors (Lipinski definition) is 3. The Hall–Kier alpha value is -1.81. The molecule has 1 aromatic heterocycles. The Morgan fingerprint density at radius 1 is 1.32 bits per heavy atom. The molecule has 1 N–H and O–H groups in total. The van der Waals surface area contributed by atoms with E-state index in [0.717, 1.165) is 11.3 Å². The predicted octanol–water partition coefficient (Wildman–Crippen LogP) is 3.71. The van der Waals surface area contributed by atoms with E-state index < -0.39 is 5.97 Å². The molecule has 4 heteroatoms. The van der Waals surface area contributed by atoms with E-state index in [9.17, 15) is 4.79 Å². The molecule has 0 spiro atoms. The van der Waals surface area contributed by atoms with Gasteiger partial charge < -0.3 is 10.0 Å². The van der Waals surface area contributed by atoms with Gasteiger partial charge >= 0.3 is 5.97 Å². The van der Waals surface area contributed by atoms with Gasteiger partial charge in [-0.3, -0.25) is 4.79 Å². The van der Waals surface area contributed by atoms with Crippen molar-refractivity contribution in [1.29, 1.82) is 0 Å². The van der Waals surface area contributed by atoms with Crippen LogP contribution in [0, 0.1) is 6.92 Å². The minimum atomic E-state index is -0.817. The van der Waals surface area contributed by atoms with Crippen molar-refractivity contribution in [3.05, 3.63) is 52.2 Å². The van der Waals surface area contributed by atoms with Gasteiger partial charge in [-0.2, -0.15) is 11.3 Å². The number of carboxylic acid groups (broad SMARTS) is 1. The Balaban J connectivity index is 2.30. The lowest BCUT2D eigenvalue weighted by Gasteiger charge is -2.29. The molecule has 0 aliphatic heterocycles. The molecule has 1 atom stereocenters. The summed E-state index contributed by atoms with van der Waals surface area (Å²) >= 11 is 1.63. The quantitative estimate of drug-likeness (QED) is 0.904. The summed E-state index contributed by atoms with van der Waals surface area (Å²) in [5.74, 6) is -0.817. The van der Waals surface area contributed by atoms with Crippen LogP contribution in [0.2, 0.25) is 0 Å². The summed E-state index contributed by atoms with van der Waals surface area (Å²) in [4.78, 5) is 13.0. The minimum absolute atomic E-state index is 0.0000737. The highest BCUT2D eigenvalue weighted by Crippen LogP contribution is 2.28. The second kappa shape index (κ2) is 5.89. The van der Waals surface area contributed by atoms with Gasteiger partial charge in [0.2, 0.25) is 0 Å². The highest BCUT2D eigenvalue weighted by atomic mass is 32.1. The van der Waals surface area contributed by atoms with Gasteiger partial charge in [-0.1, -0.05) is 17.7 Å². The summed E-state index contributed by atoms with van der Waals surface area (Å²) < 4.78 is 0. The topological polar surface area (TPSA) is 40.5 Å². The normalized spacial score (nSPS) is 12.1. The summed E-state index contributed by atoms with van der Waals surface area (Å²) in [7, 11) is 0. The Labute approximate surface area is 117 Å². The summed E-state index contributed by atoms with van der Waals surface area (Å²) in [5.41, 5.74) is 3.25. The van der Waals surface area contributed by atoms with Crippen LogP contribution in [0.5, 0.6) is 0 Å². The number of nitrogens with zero attached hydrogens (tertiary/aromatic N) is 1. The second-order valence-corrected chi connectivity index (χ2v) is 5.37. The van der Waals surface area contributed by atoms with E-state index >= 15 is 0 Å². The first-order valence-electron chi connectivity index (χ1n) is 6.15. The molecular formula is C15H17NO2S. The standard InChI is InChI=1S/C15H17NO2S/c1-11-3-5-14(6-4-11)16(9-15(17)18)12(2)13-7-8-19-10-13/h3-8,10,12H,9H2,1-2H3,(H,17,18). The van der Waals surface area contributed by atoms with E-state index in [1.165, 1.54) is 5.56 Å². The summed E-state index contributed by atoms with van der Waals surface area (Å²) in [6, 6.07) is 10.0. The van der Waals surface area contributed by atoms with Crippen molar-refractivity contribution >= 4 is 23.0 Å². The lowest BCUT2D eigenvalue weighted by molar-refractivity contribution is -0.135. The molecule has 2 rings (SSSR count). The maximum Gasteiger partial charge on any atom is 0.323 e. The monoisotopic (exact) mass is 275 g/mol. The molecule has 2 aromatic rings. The molecule has 1 heterocycles. The fourth-order valence-corrected chi connectivity index (χ4v) is 2.77. The Morgan fingerprint density at radius 2 is 2.00 bits per heavy atom. The molecule has 0 fully saturated rings. The molecule has 0 saturated carbocycles. The first kappa shape index (κ1) is 13.6. The number of aliphatic carboxylic acids is 1. The summed E-state index contributed by atoms with van der Waals surface area (Å²) in [6.07, 6.45) is 0. The largest absolute Gasteiger partial charge is 0.480 e. The molecule has 1 unspecified atom stereocenters. The Morgan fingerprint density at radius 3 is 2.53 bits per heavy atom. The Kier molecular flexibility index (Phi) is 4.22. The van der Waals surface area contributed by atoms with Crippen LogP contribution in [0.15, 0.2) is 41.1 Å². The van der Waals surface area contributed by atoms with Crippen molar-refractivity contribution in [3.8, 4) is 0 Å². The van der Waals surface area contributed by atoms with Gasteiger partial charge in [0.15, 0.2) is 0 Å². The highest BCUT2D eigenvalue weighted by Gasteiger charge is 2.19. The van der Waals surface area contributed by atoms with Gasteiger partial charge in [0, 0.05) is 5.69 Å². The minimum Gasteiger partial charge on any atom is -0.480 e. The first-order chi connectivity index (χ1) is 9.08. The number of aryl methyl sites for hydroxylation is 1. The average Bonchev–Trinajstić information content (AvgIpc) is 2.90. The molecule has 0 amide bonds. The van der Waals surface area contributed by atoms with Crippen LogP contribution in [0.4, 0.5) is 5.69 Å². The lowest BCUT2D eigenvalue weighted by atomic mass is 10.1. The molecule has 0 aliphatic carbocycles. The number of thiophene rings is 1. The zero-order valence-electron chi connectivity index (χ0n) is 11.0. The van der Waals surface area contributed by atoms with Gasteiger partial charge in [0.25, 0.3) is 0 Å². The second-order valence-electron chi connectivity index (χ2n) is 4.59. The van der Waals surface area contributed by atoms with E-state index in [-0.39, 0.29) is 12.6 Å². The van der Waals surface area contributed by atoms with E-state index in [1.54, 1.807) is 11.3 Å². The number of hydrogen-bond donors (Lipinski definition) is 1. The van der Waals surface area contributed by atoms with Crippen molar-refractivity contribution in [2.45, 2.75) is 19.9 Å². The molecule has 1 aromatic carbocycles. The maximum atomic E-state index is 11.1. The number of anilines is 1. The lowest BCUT2D eigenvalue weighted by Crippen LogP contribution is -2.32. The zero-order chi connectivity index (χ0) is 13.8. The van der Waals surface area contributed by atoms with Crippen LogP contribution in [0.3, 0.4) is 0 Å². The Bertz CT molecular complexity index is 534. The van der Waals surface area contributed by atoms with Crippen LogP contribution < -0.4 is 4.90 Å². The number of benzene rings is 1. The van der Waals surface area contributed by atoms with E-state index in [4.69, 9.17) is 5.11 Å². The maximum absolute atomic E-state index is 11.1. The fourth-order valence-electron chi connectivity index (χ4n) is 2.03. The van der Waals surface area contributed by atoms with Crippen LogP contribution >= 0.6 is 11.3 Å². The summed E-state index contributed by atoms with van der Waals surface area (Å²) in [5, 5.41) is 13.2. The van der Waals surface area contributed by atoms with Gasteiger partial charge in [0.05, 0.1) is 6.04 Å². The SMILES string of the molecule is Cc1ccc(N(CC(=O)O)C(C)c2ccsc2)cc1. The van der Waals surface area contributed by atoms with E-state index in [0.29, 0.717) is 0 Å². The smallest absolute Gasteiger partial charge is 0.323 e. The van der Waals surface area contributed by atoms with Crippen LogP contribution in [0.25, 0.3) is 0 Å². The van der Waals surface area contributed by atoms with Crippen molar-refractivity contribution in [3.63, 3.8) is 0 Å². The third-order valence-corrected chi connectivity index (χ3v) is 3.87. The molecule has 0 aliphatic rings. The first-order valence-corrected chi connectivity index (χ1v) is 7.09. The molecule has 100 valence electrons. The predicted molar refractivity (Wildman–Crippen MR) is 78.9 cm³/mol. The third kappa shape index (κ3) is 3.35. The zero-order valence-corrected chi connectivity index (χ0v) is 11.9. The number of carboxylic acids is 1. The van der Waals surface area contributed by atoms with Crippen LogP contribution in [0.1, 0.15) is 24.1 Å². The summed E-state index contributed by atoms with van der Waals surface area (Å²) in [6.45, 7) is 4.05. The molecule has 0 saturated heterocycles. The van der Waals surface area contributed by atoms with Crippen LogP contribution in [-0.2, 0) is 4.79 Å². The van der Waals surface area contributed by atoms with Crippen molar-refractivity contribution in [2.75, 3.05) is 11.4 Å². The van der Waals surface area contributed by atoms with Gasteiger partial charge in [-0.05, 0) is 48.4 Å². The third-order valence-electron chi connectivity index (χ3n) is 3.16. The van der Waals surface area contributed by atoms with Crippen molar-refractivity contribution in [1.82, 2.24) is 0 Å². The molecule has 0 radical (unpaired) electrons. The van der Waals surface area contributed by atoms with Crippen LogP contribution in [-0.4, -0.2) is 17.6 Å². The van der Waals surface area contributed by atoms with Crippen molar-refractivity contribution < 1.29 is 9.90 Å². The molecule has 3 nitrogen and oxygen atoms in total. The van der Waals surface area contributed by atoms with E-state index in [2.05, 4.69) is 5.38 Å². The number of carbonyl (C=O) groups is 1. The molecular weight excluding hydrogens is 258 g/mol. The number of rotatable bonds is 5. The molecule has 19 heavy (non-hydrogen) atoms. The highest BCUT2D eigenvalue weighted by molar-refractivity contribution is 7.08. The van der Waals surface area contributed by atoms with E-state index in [1.807, 2.05) is 54.5 Å². The van der Waals surface area contributed by atoms with Gasteiger partial charge in [0.1, 0.15) is 6.54 Å². The average molecular weight is 275 g/mol. The van der Waals surface area contributed by atoms with Crippen molar-refractivity contribution in [2.24, 2.45) is 0 Å².